The first-order valence-corrected chi connectivity index (χ1v) is 13.4. The van der Waals surface area contributed by atoms with E-state index in [0.717, 1.165) is 86.5 Å². The molecule has 0 atom stereocenters. The highest BCUT2D eigenvalue weighted by atomic mass is 32.1. The predicted molar refractivity (Wildman–Crippen MR) is 142 cm³/mol. The lowest BCUT2D eigenvalue weighted by atomic mass is 10.1. The Labute approximate surface area is 209 Å². The van der Waals surface area contributed by atoms with Crippen LogP contribution in [0.5, 0.6) is 0 Å². The molecule has 4 aromatic rings. The monoisotopic (exact) mass is 494 g/mol. The van der Waals surface area contributed by atoms with Crippen LogP contribution in [0, 0.1) is 0 Å². The van der Waals surface area contributed by atoms with Crippen LogP contribution in [0.2, 0.25) is 0 Å². The Morgan fingerprint density at radius 2 is 2.00 bits per heavy atom. The number of fused-ring (bicyclic) bond motifs is 2. The number of anilines is 2. The molecular weight excluding hydrogens is 460 g/mol. The molecule has 1 aromatic carbocycles. The highest BCUT2D eigenvalue weighted by Gasteiger charge is 2.18. The number of hydrogen-bond donors (Lipinski definition) is 2. The molecule has 1 aliphatic heterocycles. The average Bonchev–Trinajstić information content (AvgIpc) is 3.52. The molecule has 1 fully saturated rings. The Hall–Kier alpha value is -2.82. The minimum atomic E-state index is 0.283. The molecule has 9 nitrogen and oxygen atoms in total. The second-order valence-corrected chi connectivity index (χ2v) is 9.94. The zero-order valence-corrected chi connectivity index (χ0v) is 21.4. The summed E-state index contributed by atoms with van der Waals surface area (Å²) in [7, 11) is 0. The number of aromatic nitrogens is 5. The number of nitrogens with zero attached hydrogens (tertiary/aromatic N) is 6. The summed E-state index contributed by atoms with van der Waals surface area (Å²) in [5, 5.41) is 8.58. The summed E-state index contributed by atoms with van der Waals surface area (Å²) >= 11 is 1.70. The smallest absolute Gasteiger partial charge is 0.222 e. The van der Waals surface area contributed by atoms with Gasteiger partial charge in [-0.15, -0.1) is 11.3 Å². The van der Waals surface area contributed by atoms with Crippen LogP contribution in [-0.4, -0.2) is 57.1 Å². The molecule has 0 aliphatic carbocycles. The third kappa shape index (κ3) is 5.24. The van der Waals surface area contributed by atoms with Crippen molar-refractivity contribution in [2.75, 3.05) is 36.9 Å². The zero-order chi connectivity index (χ0) is 24.2. The van der Waals surface area contributed by atoms with Gasteiger partial charge in [0.1, 0.15) is 5.52 Å². The van der Waals surface area contributed by atoms with Crippen LogP contribution in [0.1, 0.15) is 50.7 Å². The Morgan fingerprint density at radius 3 is 2.80 bits per heavy atom. The first kappa shape index (κ1) is 23.9. The van der Waals surface area contributed by atoms with Crippen LogP contribution in [0.25, 0.3) is 21.3 Å². The number of thiazole rings is 1. The van der Waals surface area contributed by atoms with Crippen molar-refractivity contribution in [2.45, 2.75) is 58.7 Å². The predicted octanol–water partition coefficient (Wildman–Crippen LogP) is 3.96. The summed E-state index contributed by atoms with van der Waals surface area (Å²) in [5.41, 5.74) is 13.0. The second-order valence-electron chi connectivity index (χ2n) is 9.08. The summed E-state index contributed by atoms with van der Waals surface area (Å²) in [5.74, 6) is 1.10. The molecule has 0 saturated carbocycles. The van der Waals surface area contributed by atoms with Crippen molar-refractivity contribution in [1.29, 1.82) is 0 Å². The topological polar surface area (TPSA) is 107 Å². The van der Waals surface area contributed by atoms with E-state index >= 15 is 0 Å². The summed E-state index contributed by atoms with van der Waals surface area (Å²) in [6.45, 7) is 9.25. The number of unbranched alkanes of at least 4 members (excludes halogenated alkanes) is 1. The largest absolute Gasteiger partial charge is 0.381 e. The number of nitrogen functional groups attached to an aromatic ring is 1. The lowest BCUT2D eigenvalue weighted by Gasteiger charge is -2.23. The molecule has 5 rings (SSSR count). The molecular formula is C25H34N8OS. The summed E-state index contributed by atoms with van der Waals surface area (Å²) < 4.78 is 8.65. The van der Waals surface area contributed by atoms with Gasteiger partial charge in [-0.25, -0.2) is 9.97 Å². The Balaban J connectivity index is 1.40. The van der Waals surface area contributed by atoms with Gasteiger partial charge in [0.2, 0.25) is 5.95 Å². The van der Waals surface area contributed by atoms with E-state index in [0.29, 0.717) is 12.6 Å². The standard InChI is InChI=1S/C25H34N8OS/c1-3-5-10-32(4-2)24-22-20(29-25(26)30-24)15-33(31-22)14-18-7-6-17(23-21(18)28-16-35-23)13-27-19-8-11-34-12-9-19/h6-7,15-16,19,27H,3-5,8-14H2,1-2H3,(H2,26,29). The maximum atomic E-state index is 6.06. The minimum absolute atomic E-state index is 0.283. The lowest BCUT2D eigenvalue weighted by molar-refractivity contribution is 0.0776. The first-order valence-electron chi connectivity index (χ1n) is 12.6. The van der Waals surface area contributed by atoms with E-state index in [1.54, 1.807) is 11.3 Å². The molecule has 3 aromatic heterocycles. The van der Waals surface area contributed by atoms with E-state index < -0.39 is 0 Å². The number of ether oxygens (including phenoxy) is 1. The lowest BCUT2D eigenvalue weighted by Crippen LogP contribution is -2.34. The molecule has 186 valence electrons. The quantitative estimate of drug-likeness (QED) is 0.341. The van der Waals surface area contributed by atoms with Gasteiger partial charge in [-0.3, -0.25) is 4.68 Å². The highest BCUT2D eigenvalue weighted by Crippen LogP contribution is 2.28. The fourth-order valence-electron chi connectivity index (χ4n) is 4.68. The van der Waals surface area contributed by atoms with Crippen LogP contribution < -0.4 is 16.0 Å². The molecule has 0 radical (unpaired) electrons. The van der Waals surface area contributed by atoms with E-state index in [4.69, 9.17) is 20.6 Å². The number of nitrogens with one attached hydrogen (secondary N) is 1. The summed E-state index contributed by atoms with van der Waals surface area (Å²) in [6, 6.07) is 4.92. The third-order valence-corrected chi connectivity index (χ3v) is 7.56. The van der Waals surface area contributed by atoms with Crippen molar-refractivity contribution in [3.8, 4) is 0 Å². The van der Waals surface area contributed by atoms with Gasteiger partial charge in [-0.1, -0.05) is 25.5 Å². The van der Waals surface area contributed by atoms with Crippen molar-refractivity contribution in [2.24, 2.45) is 0 Å². The van der Waals surface area contributed by atoms with Gasteiger partial charge in [-0.05, 0) is 31.7 Å². The molecule has 0 bridgehead atoms. The van der Waals surface area contributed by atoms with E-state index in [-0.39, 0.29) is 5.95 Å². The van der Waals surface area contributed by atoms with Crippen molar-refractivity contribution in [3.05, 3.63) is 35.0 Å². The minimum Gasteiger partial charge on any atom is -0.381 e. The number of benzene rings is 1. The Bertz CT molecular complexity index is 1280. The van der Waals surface area contributed by atoms with E-state index in [2.05, 4.69) is 46.2 Å². The first-order chi connectivity index (χ1) is 17.2. The van der Waals surface area contributed by atoms with Crippen LogP contribution in [-0.2, 0) is 17.8 Å². The molecule has 1 aliphatic rings. The maximum absolute atomic E-state index is 6.06. The molecule has 0 amide bonds. The van der Waals surface area contributed by atoms with Gasteiger partial charge in [0.05, 0.1) is 28.5 Å². The highest BCUT2D eigenvalue weighted by molar-refractivity contribution is 7.17. The van der Waals surface area contributed by atoms with Crippen LogP contribution >= 0.6 is 11.3 Å². The number of nitrogens with two attached hydrogens (primary N) is 1. The van der Waals surface area contributed by atoms with Crippen molar-refractivity contribution >= 4 is 44.4 Å². The summed E-state index contributed by atoms with van der Waals surface area (Å²) in [6.07, 6.45) is 6.32. The zero-order valence-electron chi connectivity index (χ0n) is 20.5. The molecule has 0 spiro atoms. The van der Waals surface area contributed by atoms with Gasteiger partial charge in [-0.2, -0.15) is 10.1 Å². The molecule has 10 heteroatoms. The molecule has 0 unspecified atom stereocenters. The Kier molecular flexibility index (Phi) is 7.40. The number of rotatable bonds is 10. The van der Waals surface area contributed by atoms with Crippen molar-refractivity contribution < 1.29 is 4.74 Å². The third-order valence-electron chi connectivity index (χ3n) is 6.66. The number of hydrogen-bond acceptors (Lipinski definition) is 9. The van der Waals surface area contributed by atoms with Gasteiger partial charge in [0, 0.05) is 44.5 Å². The van der Waals surface area contributed by atoms with Crippen LogP contribution in [0.3, 0.4) is 0 Å². The normalized spacial score (nSPS) is 14.8. The van der Waals surface area contributed by atoms with Crippen LogP contribution in [0.15, 0.2) is 23.8 Å². The van der Waals surface area contributed by atoms with E-state index in [1.807, 2.05) is 16.4 Å². The second kappa shape index (κ2) is 10.8. The average molecular weight is 495 g/mol. The Morgan fingerprint density at radius 1 is 1.17 bits per heavy atom. The summed E-state index contributed by atoms with van der Waals surface area (Å²) in [4.78, 5) is 15.9. The van der Waals surface area contributed by atoms with E-state index in [9.17, 15) is 0 Å². The fraction of sp³-hybridized carbons (Fsp3) is 0.520. The fourth-order valence-corrected chi connectivity index (χ4v) is 5.53. The van der Waals surface area contributed by atoms with E-state index in [1.165, 1.54) is 10.3 Å². The molecule has 1 saturated heterocycles. The van der Waals surface area contributed by atoms with Crippen LogP contribution in [0.4, 0.5) is 11.8 Å². The molecule has 3 N–H and O–H groups in total. The SMILES string of the molecule is CCCCN(CC)c1nc(N)nc2cn(Cc3ccc(CNC4CCOCC4)c4scnc34)nc12. The molecule has 35 heavy (non-hydrogen) atoms. The van der Waals surface area contributed by atoms with Gasteiger partial charge in [0.15, 0.2) is 11.3 Å². The van der Waals surface area contributed by atoms with Gasteiger partial charge < -0.3 is 20.7 Å². The van der Waals surface area contributed by atoms with Crippen molar-refractivity contribution in [3.63, 3.8) is 0 Å². The molecule has 4 heterocycles. The maximum Gasteiger partial charge on any atom is 0.222 e. The van der Waals surface area contributed by atoms with Crippen molar-refractivity contribution in [1.82, 2.24) is 30.0 Å². The van der Waals surface area contributed by atoms with Gasteiger partial charge in [0.25, 0.3) is 0 Å². The van der Waals surface area contributed by atoms with Gasteiger partial charge >= 0.3 is 0 Å².